The third kappa shape index (κ3) is 4.18. The van der Waals surface area contributed by atoms with Crippen LogP contribution in [0, 0.1) is 5.82 Å². The van der Waals surface area contributed by atoms with Gasteiger partial charge in [0, 0.05) is 18.8 Å². The van der Waals surface area contributed by atoms with Crippen molar-refractivity contribution in [2.45, 2.75) is 6.42 Å². The van der Waals surface area contributed by atoms with E-state index in [0.717, 1.165) is 32.6 Å². The van der Waals surface area contributed by atoms with Crippen LogP contribution in [-0.4, -0.2) is 55.5 Å². The Hall–Kier alpha value is -1.66. The lowest BCUT2D eigenvalue weighted by molar-refractivity contribution is -0.117. The molecule has 1 fully saturated rings. The molecule has 0 saturated carbocycles. The molecule has 1 aliphatic rings. The number of halogens is 1. The molecule has 3 N–H and O–H groups in total. The highest BCUT2D eigenvalue weighted by atomic mass is 19.1. The highest BCUT2D eigenvalue weighted by Gasteiger charge is 2.15. The molecule has 2 rings (SSSR count). The van der Waals surface area contributed by atoms with E-state index >= 15 is 0 Å². The second kappa shape index (κ2) is 6.67. The number of carbonyl (C=O) groups excluding carboxylic acids is 1. The molecule has 1 aromatic rings. The molecule has 1 aromatic carbocycles. The van der Waals surface area contributed by atoms with E-state index in [1.807, 2.05) is 0 Å². The number of nitrogen functional groups attached to an aromatic ring is 1. The van der Waals surface area contributed by atoms with E-state index < -0.39 is 5.82 Å². The number of rotatable bonds is 3. The number of likely N-dealkylation sites (N-methyl/N-ethyl adjacent to an activating group) is 1. The number of nitrogens with zero attached hydrogens (tertiary/aromatic N) is 2. The van der Waals surface area contributed by atoms with Crippen molar-refractivity contribution in [2.75, 3.05) is 50.8 Å². The topological polar surface area (TPSA) is 61.6 Å². The van der Waals surface area contributed by atoms with Crippen LogP contribution in [0.2, 0.25) is 0 Å². The number of carbonyl (C=O) groups is 1. The van der Waals surface area contributed by atoms with Crippen molar-refractivity contribution in [3.8, 4) is 0 Å². The Bertz CT molecular complexity index is 480. The lowest BCUT2D eigenvalue weighted by atomic mass is 10.2. The van der Waals surface area contributed by atoms with Gasteiger partial charge in [-0.15, -0.1) is 0 Å². The zero-order valence-corrected chi connectivity index (χ0v) is 11.7. The molecule has 0 unspecified atom stereocenters. The van der Waals surface area contributed by atoms with Gasteiger partial charge in [-0.05, 0) is 44.8 Å². The average molecular weight is 280 g/mol. The molecule has 5 nitrogen and oxygen atoms in total. The van der Waals surface area contributed by atoms with Crippen LogP contribution >= 0.6 is 0 Å². The van der Waals surface area contributed by atoms with E-state index in [1.165, 1.54) is 18.2 Å². The summed E-state index contributed by atoms with van der Waals surface area (Å²) in [6, 6.07) is 4.20. The van der Waals surface area contributed by atoms with Crippen molar-refractivity contribution in [3.63, 3.8) is 0 Å². The first-order valence-corrected chi connectivity index (χ1v) is 6.80. The summed E-state index contributed by atoms with van der Waals surface area (Å²) in [7, 11) is 2.09. The smallest absolute Gasteiger partial charge is 0.238 e. The maximum atomic E-state index is 13.0. The first-order valence-electron chi connectivity index (χ1n) is 6.80. The standard InChI is InChI=1S/C14H21FN4O/c1-18-5-2-6-19(8-7-18)10-14(20)17-11-3-4-12(15)13(16)9-11/h3-4,9H,2,5-8,10,16H2,1H3,(H,17,20). The molecule has 1 aliphatic heterocycles. The Labute approximate surface area is 118 Å². The summed E-state index contributed by atoms with van der Waals surface area (Å²) in [5.41, 5.74) is 6.04. The minimum absolute atomic E-state index is 0.0409. The van der Waals surface area contributed by atoms with Gasteiger partial charge in [0.15, 0.2) is 0 Å². The molecule has 0 radical (unpaired) electrons. The number of hydrogen-bond donors (Lipinski definition) is 2. The van der Waals surface area contributed by atoms with Gasteiger partial charge >= 0.3 is 0 Å². The van der Waals surface area contributed by atoms with Crippen LogP contribution in [0.1, 0.15) is 6.42 Å². The van der Waals surface area contributed by atoms with E-state index in [4.69, 9.17) is 5.73 Å². The molecular formula is C14H21FN4O. The maximum Gasteiger partial charge on any atom is 0.238 e. The van der Waals surface area contributed by atoms with Crippen molar-refractivity contribution in [1.29, 1.82) is 0 Å². The number of nitrogens with two attached hydrogens (primary N) is 1. The number of amides is 1. The molecule has 0 bridgehead atoms. The van der Waals surface area contributed by atoms with Crippen LogP contribution in [-0.2, 0) is 4.79 Å². The van der Waals surface area contributed by atoms with Gasteiger partial charge in [0.1, 0.15) is 5.82 Å². The summed E-state index contributed by atoms with van der Waals surface area (Å²) in [6.45, 7) is 4.19. The Morgan fingerprint density at radius 3 is 2.90 bits per heavy atom. The highest BCUT2D eigenvalue weighted by Crippen LogP contribution is 2.16. The molecule has 0 aliphatic carbocycles. The molecule has 1 heterocycles. The lowest BCUT2D eigenvalue weighted by Gasteiger charge is -2.19. The second-order valence-corrected chi connectivity index (χ2v) is 5.22. The predicted octanol–water partition coefficient (Wildman–Crippen LogP) is 0.984. The summed E-state index contributed by atoms with van der Waals surface area (Å²) < 4.78 is 13.0. The normalized spacial score (nSPS) is 17.7. The van der Waals surface area contributed by atoms with Gasteiger partial charge in [-0.25, -0.2) is 4.39 Å². The van der Waals surface area contributed by atoms with Gasteiger partial charge in [-0.2, -0.15) is 0 Å². The first-order chi connectivity index (χ1) is 9.54. The fourth-order valence-electron chi connectivity index (χ4n) is 2.28. The summed E-state index contributed by atoms with van der Waals surface area (Å²) in [6.07, 6.45) is 1.06. The molecule has 0 spiro atoms. The lowest BCUT2D eigenvalue weighted by Crippen LogP contribution is -2.35. The molecule has 20 heavy (non-hydrogen) atoms. The van der Waals surface area contributed by atoms with Gasteiger partial charge < -0.3 is 16.0 Å². The second-order valence-electron chi connectivity index (χ2n) is 5.22. The van der Waals surface area contributed by atoms with Gasteiger partial charge in [-0.1, -0.05) is 0 Å². The summed E-state index contributed by atoms with van der Waals surface area (Å²) in [4.78, 5) is 16.4. The van der Waals surface area contributed by atoms with Crippen LogP contribution in [0.25, 0.3) is 0 Å². The van der Waals surface area contributed by atoms with Crippen molar-refractivity contribution in [3.05, 3.63) is 24.0 Å². The largest absolute Gasteiger partial charge is 0.396 e. The van der Waals surface area contributed by atoms with Crippen molar-refractivity contribution in [2.24, 2.45) is 0 Å². The SMILES string of the molecule is CN1CCCN(CC(=O)Nc2ccc(F)c(N)c2)CC1. The molecule has 0 atom stereocenters. The monoisotopic (exact) mass is 280 g/mol. The Balaban J connectivity index is 1.87. The fourth-order valence-corrected chi connectivity index (χ4v) is 2.28. The molecular weight excluding hydrogens is 259 g/mol. The predicted molar refractivity (Wildman–Crippen MR) is 78.0 cm³/mol. The first kappa shape index (κ1) is 14.7. The van der Waals surface area contributed by atoms with Gasteiger partial charge in [0.25, 0.3) is 0 Å². The van der Waals surface area contributed by atoms with Crippen molar-refractivity contribution < 1.29 is 9.18 Å². The van der Waals surface area contributed by atoms with E-state index in [1.54, 1.807) is 0 Å². The van der Waals surface area contributed by atoms with Crippen LogP contribution in [0.4, 0.5) is 15.8 Å². The van der Waals surface area contributed by atoms with E-state index in [-0.39, 0.29) is 11.6 Å². The molecule has 110 valence electrons. The third-order valence-corrected chi connectivity index (χ3v) is 3.46. The van der Waals surface area contributed by atoms with Crippen molar-refractivity contribution in [1.82, 2.24) is 9.80 Å². The van der Waals surface area contributed by atoms with Gasteiger partial charge in [0.05, 0.1) is 12.2 Å². The van der Waals surface area contributed by atoms with Gasteiger partial charge in [-0.3, -0.25) is 9.69 Å². The summed E-state index contributed by atoms with van der Waals surface area (Å²) >= 11 is 0. The maximum absolute atomic E-state index is 13.0. The Morgan fingerprint density at radius 1 is 1.35 bits per heavy atom. The zero-order chi connectivity index (χ0) is 14.5. The number of nitrogens with one attached hydrogen (secondary N) is 1. The highest BCUT2D eigenvalue weighted by molar-refractivity contribution is 5.92. The number of benzene rings is 1. The van der Waals surface area contributed by atoms with Crippen molar-refractivity contribution >= 4 is 17.3 Å². The Morgan fingerprint density at radius 2 is 2.15 bits per heavy atom. The minimum Gasteiger partial charge on any atom is -0.396 e. The molecule has 1 amide bonds. The quantitative estimate of drug-likeness (QED) is 0.810. The molecule has 1 saturated heterocycles. The van der Waals surface area contributed by atoms with E-state index in [2.05, 4.69) is 22.2 Å². The third-order valence-electron chi connectivity index (χ3n) is 3.46. The Kier molecular flexibility index (Phi) is 4.92. The number of hydrogen-bond acceptors (Lipinski definition) is 4. The van der Waals surface area contributed by atoms with Gasteiger partial charge in [0.2, 0.25) is 5.91 Å². The summed E-state index contributed by atoms with van der Waals surface area (Å²) in [5.74, 6) is -0.570. The van der Waals surface area contributed by atoms with Crippen LogP contribution in [0.15, 0.2) is 18.2 Å². The van der Waals surface area contributed by atoms with E-state index in [9.17, 15) is 9.18 Å². The fraction of sp³-hybridized carbons (Fsp3) is 0.500. The molecule has 6 heteroatoms. The number of anilines is 2. The average Bonchev–Trinajstić information content (AvgIpc) is 2.59. The van der Waals surface area contributed by atoms with E-state index in [0.29, 0.717) is 12.2 Å². The zero-order valence-electron chi connectivity index (χ0n) is 11.7. The minimum atomic E-state index is -0.474. The molecule has 0 aromatic heterocycles. The van der Waals surface area contributed by atoms with Crippen LogP contribution in [0.3, 0.4) is 0 Å². The summed E-state index contributed by atoms with van der Waals surface area (Å²) in [5, 5.41) is 2.75. The van der Waals surface area contributed by atoms with Crippen LogP contribution < -0.4 is 11.1 Å². The van der Waals surface area contributed by atoms with Crippen LogP contribution in [0.5, 0.6) is 0 Å².